The fourth-order valence-electron chi connectivity index (χ4n) is 0.966. The molecule has 0 unspecified atom stereocenters. The number of hydrogen-bond acceptors (Lipinski definition) is 3. The first-order chi connectivity index (χ1) is 7.58. The smallest absolute Gasteiger partial charge is 0.374 e. The monoisotopic (exact) mass is 252 g/mol. The Morgan fingerprint density at radius 3 is 2.38 bits per heavy atom. The number of benzene rings is 1. The Morgan fingerprint density at radius 2 is 1.75 bits per heavy atom. The van der Waals surface area contributed by atoms with E-state index in [0.717, 1.165) is 5.56 Å². The van der Waals surface area contributed by atoms with Crippen LogP contribution >= 0.6 is 12.0 Å². The van der Waals surface area contributed by atoms with E-state index in [2.05, 4.69) is 4.18 Å². The van der Waals surface area contributed by atoms with Gasteiger partial charge in [0.05, 0.1) is 19.8 Å². The molecule has 1 aromatic carbocycles. The van der Waals surface area contributed by atoms with Crippen molar-refractivity contribution in [3.05, 3.63) is 35.9 Å². The number of alkyl halides is 3. The molecule has 0 aliphatic rings. The third kappa shape index (κ3) is 6.71. The van der Waals surface area contributed by atoms with Crippen molar-refractivity contribution in [1.82, 2.24) is 0 Å². The topological polar surface area (TPSA) is 18.5 Å². The molecule has 0 aromatic heterocycles. The lowest BCUT2D eigenvalue weighted by atomic mass is 10.2. The Hall–Kier alpha value is -0.720. The lowest BCUT2D eigenvalue weighted by molar-refractivity contribution is -0.0407. The quantitative estimate of drug-likeness (QED) is 0.571. The molecule has 0 atom stereocenters. The number of ether oxygens (including phenoxy) is 1. The van der Waals surface area contributed by atoms with E-state index in [4.69, 9.17) is 4.74 Å². The third-order valence-electron chi connectivity index (χ3n) is 1.58. The summed E-state index contributed by atoms with van der Waals surface area (Å²) in [5.41, 5.74) is -3.37. The zero-order valence-corrected chi connectivity index (χ0v) is 9.18. The minimum atomic E-state index is -4.35. The second-order valence-electron chi connectivity index (χ2n) is 2.89. The predicted molar refractivity (Wildman–Crippen MR) is 55.7 cm³/mol. The summed E-state index contributed by atoms with van der Waals surface area (Å²) in [6.45, 7) is 0.426. The van der Waals surface area contributed by atoms with Gasteiger partial charge in [0.1, 0.15) is 12.0 Å². The van der Waals surface area contributed by atoms with Crippen molar-refractivity contribution in [2.75, 3.05) is 13.2 Å². The van der Waals surface area contributed by atoms with Crippen molar-refractivity contribution in [2.24, 2.45) is 0 Å². The predicted octanol–water partition coefficient (Wildman–Crippen LogP) is 3.39. The molecule has 16 heavy (non-hydrogen) atoms. The molecular weight excluding hydrogens is 241 g/mol. The van der Waals surface area contributed by atoms with Gasteiger partial charge in [-0.15, -0.1) is 0 Å². The molecular formula is C10H11F3O2S. The lowest BCUT2D eigenvalue weighted by Crippen LogP contribution is -2.06. The van der Waals surface area contributed by atoms with Crippen molar-refractivity contribution in [3.8, 4) is 0 Å². The van der Waals surface area contributed by atoms with Crippen LogP contribution in [0.15, 0.2) is 30.3 Å². The molecule has 1 rings (SSSR count). The van der Waals surface area contributed by atoms with E-state index >= 15 is 0 Å². The standard InChI is InChI=1S/C10H11F3O2S/c11-10(12,13)16-15-7-6-14-8-9-4-2-1-3-5-9/h1-5H,6-8H2. The van der Waals surface area contributed by atoms with Gasteiger partial charge in [0, 0.05) is 0 Å². The Kier molecular flexibility index (Phi) is 5.65. The Labute approximate surface area is 95.9 Å². The highest BCUT2D eigenvalue weighted by atomic mass is 32.2. The molecule has 0 aliphatic carbocycles. The highest BCUT2D eigenvalue weighted by Gasteiger charge is 2.29. The van der Waals surface area contributed by atoms with Gasteiger partial charge in [-0.25, -0.2) is 0 Å². The van der Waals surface area contributed by atoms with Gasteiger partial charge in [0.25, 0.3) is 0 Å². The van der Waals surface area contributed by atoms with Gasteiger partial charge in [0.15, 0.2) is 0 Å². The fourth-order valence-corrected chi connectivity index (χ4v) is 1.25. The van der Waals surface area contributed by atoms with E-state index in [1.807, 2.05) is 30.3 Å². The summed E-state index contributed by atoms with van der Waals surface area (Å²) in [5, 5.41) is 0. The zero-order valence-electron chi connectivity index (χ0n) is 8.37. The molecule has 6 heteroatoms. The highest BCUT2D eigenvalue weighted by molar-refractivity contribution is 7.95. The average molecular weight is 252 g/mol. The van der Waals surface area contributed by atoms with Gasteiger partial charge < -0.3 is 8.92 Å². The summed E-state index contributed by atoms with van der Waals surface area (Å²) in [6.07, 6.45) is 0. The van der Waals surface area contributed by atoms with Gasteiger partial charge in [-0.3, -0.25) is 0 Å². The van der Waals surface area contributed by atoms with Crippen molar-refractivity contribution in [3.63, 3.8) is 0 Å². The molecule has 0 aliphatic heterocycles. The van der Waals surface area contributed by atoms with E-state index < -0.39 is 17.6 Å². The molecule has 0 bridgehead atoms. The van der Waals surface area contributed by atoms with Crippen molar-refractivity contribution in [1.29, 1.82) is 0 Å². The summed E-state index contributed by atoms with van der Waals surface area (Å²) in [6, 6.07) is 9.38. The Balaban J connectivity index is 2.01. The van der Waals surface area contributed by atoms with E-state index in [0.29, 0.717) is 6.61 Å². The van der Waals surface area contributed by atoms with Crippen molar-refractivity contribution in [2.45, 2.75) is 12.1 Å². The molecule has 0 spiro atoms. The van der Waals surface area contributed by atoms with Crippen LogP contribution in [0.1, 0.15) is 5.56 Å². The zero-order chi connectivity index (χ0) is 11.9. The minimum absolute atomic E-state index is 0.0863. The van der Waals surface area contributed by atoms with E-state index in [1.54, 1.807) is 0 Å². The van der Waals surface area contributed by atoms with E-state index in [-0.39, 0.29) is 13.2 Å². The van der Waals surface area contributed by atoms with Crippen LogP contribution in [-0.2, 0) is 15.5 Å². The maximum atomic E-state index is 11.6. The highest BCUT2D eigenvalue weighted by Crippen LogP contribution is 2.30. The molecule has 1 aromatic rings. The molecule has 0 heterocycles. The normalized spacial score (nSPS) is 11.7. The fraction of sp³-hybridized carbons (Fsp3) is 0.400. The van der Waals surface area contributed by atoms with Gasteiger partial charge in [0.2, 0.25) is 0 Å². The first-order valence-corrected chi connectivity index (χ1v) is 5.31. The Bertz CT molecular complexity index is 290. The van der Waals surface area contributed by atoms with Crippen LogP contribution in [0.25, 0.3) is 0 Å². The van der Waals surface area contributed by atoms with Crippen molar-refractivity contribution < 1.29 is 22.1 Å². The summed E-state index contributed by atoms with van der Waals surface area (Å²) in [4.78, 5) is 0. The molecule has 0 amide bonds. The molecule has 2 nitrogen and oxygen atoms in total. The first kappa shape index (κ1) is 13.3. The molecule has 0 N–H and O–H groups in total. The van der Waals surface area contributed by atoms with Gasteiger partial charge >= 0.3 is 5.51 Å². The molecule has 0 saturated heterocycles. The van der Waals surface area contributed by atoms with Crippen LogP contribution < -0.4 is 0 Å². The number of rotatable bonds is 6. The van der Waals surface area contributed by atoms with Gasteiger partial charge in [-0.2, -0.15) is 13.2 Å². The summed E-state index contributed by atoms with van der Waals surface area (Å²) in [5.74, 6) is 0. The van der Waals surface area contributed by atoms with Gasteiger partial charge in [-0.05, 0) is 5.56 Å². The summed E-state index contributed by atoms with van der Waals surface area (Å²) in [7, 11) is 0. The van der Waals surface area contributed by atoms with Gasteiger partial charge in [-0.1, -0.05) is 30.3 Å². The molecule has 90 valence electrons. The maximum absolute atomic E-state index is 11.6. The largest absolute Gasteiger partial charge is 0.467 e. The van der Waals surface area contributed by atoms with E-state index in [1.165, 1.54) is 0 Å². The summed E-state index contributed by atoms with van der Waals surface area (Å²) >= 11 is -0.500. The second-order valence-corrected chi connectivity index (χ2v) is 3.75. The first-order valence-electron chi connectivity index (χ1n) is 4.57. The summed E-state index contributed by atoms with van der Waals surface area (Å²) < 4.78 is 44.3. The lowest BCUT2D eigenvalue weighted by Gasteiger charge is -2.06. The molecule has 0 fully saturated rings. The minimum Gasteiger partial charge on any atom is -0.374 e. The van der Waals surface area contributed by atoms with Crippen LogP contribution in [0, 0.1) is 0 Å². The van der Waals surface area contributed by atoms with Crippen molar-refractivity contribution >= 4 is 12.0 Å². The van der Waals surface area contributed by atoms with Crippen LogP contribution in [0.3, 0.4) is 0 Å². The van der Waals surface area contributed by atoms with Crippen LogP contribution in [0.4, 0.5) is 13.2 Å². The number of halogens is 3. The van der Waals surface area contributed by atoms with Crippen LogP contribution in [-0.4, -0.2) is 18.7 Å². The molecule has 0 saturated carbocycles. The third-order valence-corrected chi connectivity index (χ3v) is 2.05. The molecule has 0 radical (unpaired) electrons. The van der Waals surface area contributed by atoms with Crippen LogP contribution in [0.5, 0.6) is 0 Å². The SMILES string of the molecule is FC(F)(F)SOCCOCc1ccccc1. The average Bonchev–Trinajstić information content (AvgIpc) is 2.23. The second kappa shape index (κ2) is 6.78. The van der Waals surface area contributed by atoms with E-state index in [9.17, 15) is 13.2 Å². The maximum Gasteiger partial charge on any atom is 0.467 e. The Morgan fingerprint density at radius 1 is 1.06 bits per heavy atom. The number of hydrogen-bond donors (Lipinski definition) is 0. The van der Waals surface area contributed by atoms with Crippen LogP contribution in [0.2, 0.25) is 0 Å².